The number of carbonyl (C=O) groups excluding carboxylic acids is 1. The molecule has 11 heteroatoms. The van der Waals surface area contributed by atoms with Gasteiger partial charge >= 0.3 is 0 Å². The molecule has 0 fully saturated rings. The lowest BCUT2D eigenvalue weighted by atomic mass is 10.1. The normalized spacial score (nSPS) is 11.4. The molecule has 0 saturated heterocycles. The molecule has 0 aliphatic rings. The van der Waals surface area contributed by atoms with Crippen LogP contribution in [0, 0.1) is 0 Å². The van der Waals surface area contributed by atoms with Gasteiger partial charge in [-0.3, -0.25) is 10.1 Å². The van der Waals surface area contributed by atoms with Gasteiger partial charge in [-0.25, -0.2) is 8.42 Å². The van der Waals surface area contributed by atoms with E-state index in [9.17, 15) is 13.2 Å². The number of hydrogen-bond acceptors (Lipinski definition) is 9. The van der Waals surface area contributed by atoms with Crippen LogP contribution in [0.1, 0.15) is 23.0 Å². The average Bonchev–Trinajstić information content (AvgIpc) is 3.48. The molecule has 2 aromatic carbocycles. The van der Waals surface area contributed by atoms with E-state index in [4.69, 9.17) is 4.52 Å². The van der Waals surface area contributed by atoms with Crippen LogP contribution in [0.15, 0.2) is 74.4 Å². The molecule has 2 aromatic heterocycles. The van der Waals surface area contributed by atoms with Gasteiger partial charge in [-0.05, 0) is 29.8 Å². The molecule has 164 valence electrons. The van der Waals surface area contributed by atoms with Crippen LogP contribution in [0.3, 0.4) is 0 Å². The molecule has 4 rings (SSSR count). The molecular weight excluding hydrogens is 468 g/mol. The molecule has 0 unspecified atom stereocenters. The van der Waals surface area contributed by atoms with Crippen molar-refractivity contribution in [3.63, 3.8) is 0 Å². The second-order valence-electron chi connectivity index (χ2n) is 6.61. The molecule has 1 N–H and O–H groups in total. The Morgan fingerprint density at radius 2 is 1.84 bits per heavy atom. The van der Waals surface area contributed by atoms with Crippen molar-refractivity contribution >= 4 is 44.0 Å². The summed E-state index contributed by atoms with van der Waals surface area (Å²) in [5, 5.41) is 14.9. The Bertz CT molecular complexity index is 1320. The highest BCUT2D eigenvalue weighted by molar-refractivity contribution is 8.00. The Balaban J connectivity index is 1.38. The van der Waals surface area contributed by atoms with Crippen LogP contribution in [0.4, 0.5) is 5.13 Å². The lowest BCUT2D eigenvalue weighted by Gasteiger charge is -2.01. The van der Waals surface area contributed by atoms with Gasteiger partial charge in [0.1, 0.15) is 0 Å². The first-order chi connectivity index (χ1) is 15.4. The van der Waals surface area contributed by atoms with E-state index in [1.807, 2.05) is 30.3 Å². The van der Waals surface area contributed by atoms with Crippen molar-refractivity contribution in [2.45, 2.75) is 21.9 Å². The first-order valence-electron chi connectivity index (χ1n) is 9.56. The fourth-order valence-electron chi connectivity index (χ4n) is 2.71. The van der Waals surface area contributed by atoms with Crippen molar-refractivity contribution in [1.29, 1.82) is 0 Å². The van der Waals surface area contributed by atoms with E-state index in [1.54, 1.807) is 19.1 Å². The van der Waals surface area contributed by atoms with E-state index in [0.29, 0.717) is 16.5 Å². The number of anilines is 1. The monoisotopic (exact) mass is 486 g/mol. The SMILES string of the molecule is CCS(=O)(=O)c1ccc(-c2cc(C(=O)Nc3nnc(SCc4ccccc4)s3)no2)cc1. The van der Waals surface area contributed by atoms with Gasteiger partial charge < -0.3 is 4.52 Å². The van der Waals surface area contributed by atoms with Gasteiger partial charge in [-0.15, -0.1) is 10.2 Å². The highest BCUT2D eigenvalue weighted by Gasteiger charge is 2.17. The molecule has 8 nitrogen and oxygen atoms in total. The van der Waals surface area contributed by atoms with E-state index in [2.05, 4.69) is 20.7 Å². The summed E-state index contributed by atoms with van der Waals surface area (Å²) in [5.41, 5.74) is 1.87. The average molecular weight is 487 g/mol. The number of rotatable bonds is 8. The van der Waals surface area contributed by atoms with Gasteiger partial charge in [0.05, 0.1) is 10.6 Å². The summed E-state index contributed by atoms with van der Waals surface area (Å²) in [6.07, 6.45) is 0. The molecule has 0 spiro atoms. The lowest BCUT2D eigenvalue weighted by Crippen LogP contribution is -2.11. The fraction of sp³-hybridized carbons (Fsp3) is 0.143. The Morgan fingerprint density at radius 3 is 2.56 bits per heavy atom. The number of thioether (sulfide) groups is 1. The van der Waals surface area contributed by atoms with Crippen molar-refractivity contribution in [3.05, 3.63) is 71.9 Å². The van der Waals surface area contributed by atoms with Crippen LogP contribution in [-0.4, -0.2) is 35.4 Å². The van der Waals surface area contributed by atoms with E-state index in [0.717, 1.165) is 10.1 Å². The number of benzene rings is 2. The largest absolute Gasteiger partial charge is 0.355 e. The minimum Gasteiger partial charge on any atom is -0.355 e. The summed E-state index contributed by atoms with van der Waals surface area (Å²) < 4.78 is 29.9. The zero-order chi connectivity index (χ0) is 22.6. The quantitative estimate of drug-likeness (QED) is 0.285. The topological polar surface area (TPSA) is 115 Å². The number of sulfone groups is 1. The van der Waals surface area contributed by atoms with Crippen LogP contribution in [-0.2, 0) is 15.6 Å². The molecule has 0 aliphatic heterocycles. The van der Waals surface area contributed by atoms with Gasteiger partial charge in [0, 0.05) is 17.4 Å². The highest BCUT2D eigenvalue weighted by Crippen LogP contribution is 2.29. The van der Waals surface area contributed by atoms with Gasteiger partial charge in [-0.1, -0.05) is 65.5 Å². The third-order valence-electron chi connectivity index (χ3n) is 4.45. The van der Waals surface area contributed by atoms with Crippen molar-refractivity contribution < 1.29 is 17.7 Å². The zero-order valence-electron chi connectivity index (χ0n) is 16.9. The summed E-state index contributed by atoms with van der Waals surface area (Å²) in [4.78, 5) is 12.7. The first kappa shape index (κ1) is 22.2. The van der Waals surface area contributed by atoms with Crippen LogP contribution in [0.2, 0.25) is 0 Å². The molecular formula is C21H18N4O4S3. The summed E-state index contributed by atoms with van der Waals surface area (Å²) in [5.74, 6) is 0.666. The van der Waals surface area contributed by atoms with Gasteiger partial charge in [0.2, 0.25) is 5.13 Å². The van der Waals surface area contributed by atoms with Crippen molar-refractivity contribution in [1.82, 2.24) is 15.4 Å². The van der Waals surface area contributed by atoms with Crippen molar-refractivity contribution in [2.75, 3.05) is 11.1 Å². The summed E-state index contributed by atoms with van der Waals surface area (Å²) >= 11 is 2.82. The number of carbonyl (C=O) groups is 1. The predicted molar refractivity (Wildman–Crippen MR) is 124 cm³/mol. The summed E-state index contributed by atoms with van der Waals surface area (Å²) in [6.45, 7) is 1.59. The van der Waals surface area contributed by atoms with E-state index in [-0.39, 0.29) is 16.3 Å². The maximum atomic E-state index is 12.5. The maximum absolute atomic E-state index is 12.5. The Hall–Kier alpha value is -3.02. The molecule has 0 saturated carbocycles. The van der Waals surface area contributed by atoms with Crippen molar-refractivity contribution in [2.24, 2.45) is 0 Å². The van der Waals surface area contributed by atoms with Crippen LogP contribution in [0.5, 0.6) is 0 Å². The minimum atomic E-state index is -3.28. The van der Waals surface area contributed by atoms with Crippen LogP contribution < -0.4 is 5.32 Å². The summed E-state index contributed by atoms with van der Waals surface area (Å²) in [7, 11) is -3.28. The van der Waals surface area contributed by atoms with E-state index < -0.39 is 15.7 Å². The zero-order valence-corrected chi connectivity index (χ0v) is 19.3. The standard InChI is InChI=1S/C21H18N4O4S3/c1-2-32(27,28)16-10-8-15(9-11-16)18-12-17(25-29-18)19(26)22-20-23-24-21(31-20)30-13-14-6-4-3-5-7-14/h3-12H,2,13H2,1H3,(H,22,23,26). The molecule has 2 heterocycles. The second kappa shape index (κ2) is 9.63. The van der Waals surface area contributed by atoms with Crippen molar-refractivity contribution in [3.8, 4) is 11.3 Å². The number of nitrogens with zero attached hydrogens (tertiary/aromatic N) is 3. The highest BCUT2D eigenvalue weighted by atomic mass is 32.2. The molecule has 0 atom stereocenters. The lowest BCUT2D eigenvalue weighted by molar-refractivity contribution is 0.101. The number of aromatic nitrogens is 3. The Labute approximate surface area is 193 Å². The fourth-order valence-corrected chi connectivity index (χ4v) is 5.30. The molecule has 0 radical (unpaired) electrons. The van der Waals surface area contributed by atoms with E-state index >= 15 is 0 Å². The second-order valence-corrected chi connectivity index (χ2v) is 11.1. The number of amides is 1. The van der Waals surface area contributed by atoms with Gasteiger partial charge in [0.15, 0.2) is 25.6 Å². The molecule has 0 bridgehead atoms. The first-order valence-corrected chi connectivity index (χ1v) is 13.0. The van der Waals surface area contributed by atoms with Gasteiger partial charge in [-0.2, -0.15) is 0 Å². The summed E-state index contributed by atoms with van der Waals surface area (Å²) in [6, 6.07) is 17.7. The Kier molecular flexibility index (Phi) is 6.68. The van der Waals surface area contributed by atoms with Crippen LogP contribution >= 0.6 is 23.1 Å². The maximum Gasteiger partial charge on any atom is 0.279 e. The molecule has 1 amide bonds. The Morgan fingerprint density at radius 1 is 1.09 bits per heavy atom. The molecule has 32 heavy (non-hydrogen) atoms. The third-order valence-corrected chi connectivity index (χ3v) is 8.25. The smallest absolute Gasteiger partial charge is 0.279 e. The molecule has 0 aliphatic carbocycles. The van der Waals surface area contributed by atoms with Crippen LogP contribution in [0.25, 0.3) is 11.3 Å². The number of nitrogens with one attached hydrogen (secondary N) is 1. The molecule has 4 aromatic rings. The predicted octanol–water partition coefficient (Wildman–Crippen LogP) is 4.53. The van der Waals surface area contributed by atoms with E-state index in [1.165, 1.54) is 46.9 Å². The van der Waals surface area contributed by atoms with Gasteiger partial charge in [0.25, 0.3) is 5.91 Å². The minimum absolute atomic E-state index is 0.0249. The third kappa shape index (κ3) is 5.23. The number of hydrogen-bond donors (Lipinski definition) is 1.